The van der Waals surface area contributed by atoms with Crippen LogP contribution in [0.1, 0.15) is 36.7 Å². The molecule has 112 valence electrons. The van der Waals surface area contributed by atoms with Crippen molar-refractivity contribution in [3.8, 4) is 0 Å². The summed E-state index contributed by atoms with van der Waals surface area (Å²) < 4.78 is 0. The lowest BCUT2D eigenvalue weighted by Crippen LogP contribution is -2.49. The topological polar surface area (TPSA) is 112 Å². The van der Waals surface area contributed by atoms with E-state index in [0.717, 1.165) is 23.2 Å². The summed E-state index contributed by atoms with van der Waals surface area (Å²) in [7, 11) is 0. The second kappa shape index (κ2) is 6.67. The van der Waals surface area contributed by atoms with E-state index in [2.05, 4.69) is 15.6 Å². The molecule has 0 bridgehead atoms. The number of carbonyl (C=O) groups is 2. The van der Waals surface area contributed by atoms with Gasteiger partial charge in [0.1, 0.15) is 5.01 Å². The molecule has 0 fully saturated rings. The normalized spacial score (nSPS) is 15.2. The van der Waals surface area contributed by atoms with Gasteiger partial charge >= 0.3 is 12.0 Å². The molecule has 0 aliphatic carbocycles. The van der Waals surface area contributed by atoms with Gasteiger partial charge in [-0.15, -0.1) is 11.3 Å². The monoisotopic (exact) mass is 301 g/mol. The maximum atomic E-state index is 11.6. The first-order valence-corrected chi connectivity index (χ1v) is 7.02. The molecule has 20 heavy (non-hydrogen) atoms. The molecule has 1 rings (SSSR count). The van der Waals surface area contributed by atoms with Gasteiger partial charge in [-0.1, -0.05) is 6.92 Å². The first kappa shape index (κ1) is 16.4. The van der Waals surface area contributed by atoms with E-state index in [1.54, 1.807) is 13.1 Å². The van der Waals surface area contributed by atoms with Crippen molar-refractivity contribution < 1.29 is 19.8 Å². The third-order valence-corrected chi connectivity index (χ3v) is 4.02. The van der Waals surface area contributed by atoms with E-state index in [1.807, 2.05) is 6.92 Å². The standard InChI is InChI=1S/C12H19N3O4S/c1-4-8-5-13-9(20-8)7(2)15-11(18)14-6-12(3,19)10(16)17/h5,7,19H,4,6H2,1-3H3,(H,16,17)(H2,14,15,18). The third kappa shape index (κ3) is 4.46. The van der Waals surface area contributed by atoms with Crippen molar-refractivity contribution in [1.29, 1.82) is 0 Å². The van der Waals surface area contributed by atoms with Crippen LogP contribution in [0.4, 0.5) is 4.79 Å². The summed E-state index contributed by atoms with van der Waals surface area (Å²) in [4.78, 5) is 27.6. The number of aliphatic carboxylic acids is 1. The fourth-order valence-electron chi connectivity index (χ4n) is 1.32. The molecule has 1 aromatic heterocycles. The SMILES string of the molecule is CCc1cnc(C(C)NC(=O)NCC(C)(O)C(=O)O)s1. The number of nitrogens with one attached hydrogen (secondary N) is 2. The molecule has 0 spiro atoms. The Morgan fingerprint density at radius 1 is 1.55 bits per heavy atom. The van der Waals surface area contributed by atoms with Gasteiger partial charge in [-0.05, 0) is 20.3 Å². The summed E-state index contributed by atoms with van der Waals surface area (Å²) in [6.45, 7) is 4.55. The van der Waals surface area contributed by atoms with Crippen LogP contribution in [0.25, 0.3) is 0 Å². The smallest absolute Gasteiger partial charge is 0.337 e. The molecule has 2 atom stereocenters. The van der Waals surface area contributed by atoms with Crippen LogP contribution < -0.4 is 10.6 Å². The van der Waals surface area contributed by atoms with Gasteiger partial charge in [-0.3, -0.25) is 0 Å². The molecule has 7 nitrogen and oxygen atoms in total. The molecule has 1 heterocycles. The molecule has 0 saturated heterocycles. The van der Waals surface area contributed by atoms with Crippen molar-refractivity contribution >= 4 is 23.3 Å². The van der Waals surface area contributed by atoms with Gasteiger partial charge in [0.15, 0.2) is 5.60 Å². The third-order valence-electron chi connectivity index (χ3n) is 2.69. The van der Waals surface area contributed by atoms with Gasteiger partial charge in [0.2, 0.25) is 0 Å². The van der Waals surface area contributed by atoms with Crippen LogP contribution in [-0.4, -0.2) is 39.3 Å². The van der Waals surface area contributed by atoms with Crippen LogP contribution in [0.2, 0.25) is 0 Å². The molecule has 1 aromatic rings. The Kier molecular flexibility index (Phi) is 5.46. The average Bonchev–Trinajstić information content (AvgIpc) is 2.85. The number of aryl methyl sites for hydroxylation is 1. The molecule has 8 heteroatoms. The van der Waals surface area contributed by atoms with Crippen molar-refractivity contribution in [2.24, 2.45) is 0 Å². The van der Waals surface area contributed by atoms with Crippen LogP contribution >= 0.6 is 11.3 Å². The summed E-state index contributed by atoms with van der Waals surface area (Å²) in [6.07, 6.45) is 2.66. The molecule has 2 amide bonds. The van der Waals surface area contributed by atoms with Crippen LogP contribution in [0.5, 0.6) is 0 Å². The predicted octanol–water partition coefficient (Wildman–Crippen LogP) is 0.901. The number of carboxylic acids is 1. The number of rotatable bonds is 6. The number of aliphatic hydroxyl groups is 1. The van der Waals surface area contributed by atoms with Crippen molar-refractivity contribution in [3.63, 3.8) is 0 Å². The predicted molar refractivity (Wildman–Crippen MR) is 74.7 cm³/mol. The van der Waals surface area contributed by atoms with Gasteiger partial charge in [0.25, 0.3) is 0 Å². The van der Waals surface area contributed by atoms with Crippen molar-refractivity contribution in [1.82, 2.24) is 15.6 Å². The van der Waals surface area contributed by atoms with E-state index in [4.69, 9.17) is 5.11 Å². The maximum Gasteiger partial charge on any atom is 0.337 e. The zero-order valence-corrected chi connectivity index (χ0v) is 12.5. The van der Waals surface area contributed by atoms with Gasteiger partial charge in [-0.25, -0.2) is 14.6 Å². The molecule has 0 saturated carbocycles. The average molecular weight is 301 g/mol. The Labute approximate surface area is 121 Å². The lowest BCUT2D eigenvalue weighted by Gasteiger charge is -2.19. The molecule has 0 aliphatic heterocycles. The zero-order valence-electron chi connectivity index (χ0n) is 11.6. The van der Waals surface area contributed by atoms with Crippen LogP contribution in [0.15, 0.2) is 6.20 Å². The number of hydrogen-bond donors (Lipinski definition) is 4. The Balaban J connectivity index is 2.48. The highest BCUT2D eigenvalue weighted by Crippen LogP contribution is 2.19. The first-order chi connectivity index (χ1) is 9.26. The Bertz CT molecular complexity index is 487. The molecular formula is C12H19N3O4S. The van der Waals surface area contributed by atoms with Crippen LogP contribution in [0, 0.1) is 0 Å². The van der Waals surface area contributed by atoms with Crippen molar-refractivity contribution in [3.05, 3.63) is 16.1 Å². The Hall–Kier alpha value is -1.67. The minimum Gasteiger partial charge on any atom is -0.479 e. The van der Waals surface area contributed by atoms with E-state index < -0.39 is 17.6 Å². The Morgan fingerprint density at radius 3 is 2.70 bits per heavy atom. The van der Waals surface area contributed by atoms with E-state index >= 15 is 0 Å². The van der Waals surface area contributed by atoms with Crippen LogP contribution in [-0.2, 0) is 11.2 Å². The lowest BCUT2D eigenvalue weighted by atomic mass is 10.1. The number of thiazole rings is 1. The molecule has 4 N–H and O–H groups in total. The van der Waals surface area contributed by atoms with Crippen LogP contribution in [0.3, 0.4) is 0 Å². The van der Waals surface area contributed by atoms with E-state index in [1.165, 1.54) is 11.3 Å². The summed E-state index contributed by atoms with van der Waals surface area (Å²) in [5, 5.41) is 23.9. The summed E-state index contributed by atoms with van der Waals surface area (Å²) in [5.41, 5.74) is -1.99. The number of amides is 2. The zero-order chi connectivity index (χ0) is 15.3. The second-order valence-electron chi connectivity index (χ2n) is 4.65. The van der Waals surface area contributed by atoms with Crippen molar-refractivity contribution in [2.45, 2.75) is 38.8 Å². The number of hydrogen-bond acceptors (Lipinski definition) is 5. The number of aromatic nitrogens is 1. The van der Waals surface area contributed by atoms with E-state index in [9.17, 15) is 14.7 Å². The summed E-state index contributed by atoms with van der Waals surface area (Å²) in [5.74, 6) is -1.39. The molecule has 0 aromatic carbocycles. The van der Waals surface area contributed by atoms with Gasteiger partial charge in [0.05, 0.1) is 12.6 Å². The summed E-state index contributed by atoms with van der Waals surface area (Å²) >= 11 is 1.51. The number of carboxylic acid groups (broad SMARTS) is 1. The number of urea groups is 1. The second-order valence-corrected chi connectivity index (χ2v) is 5.79. The lowest BCUT2D eigenvalue weighted by molar-refractivity contribution is -0.155. The summed E-state index contributed by atoms with van der Waals surface area (Å²) in [6, 6.07) is -0.831. The number of carbonyl (C=O) groups excluding carboxylic acids is 1. The maximum absolute atomic E-state index is 11.6. The highest BCUT2D eigenvalue weighted by Gasteiger charge is 2.30. The molecule has 0 aliphatic rings. The highest BCUT2D eigenvalue weighted by atomic mass is 32.1. The van der Waals surface area contributed by atoms with E-state index in [-0.39, 0.29) is 12.6 Å². The quantitative estimate of drug-likeness (QED) is 0.624. The van der Waals surface area contributed by atoms with E-state index in [0.29, 0.717) is 0 Å². The fraction of sp³-hybridized carbons (Fsp3) is 0.583. The largest absolute Gasteiger partial charge is 0.479 e. The van der Waals surface area contributed by atoms with Gasteiger partial charge in [-0.2, -0.15) is 0 Å². The highest BCUT2D eigenvalue weighted by molar-refractivity contribution is 7.11. The van der Waals surface area contributed by atoms with Crippen molar-refractivity contribution in [2.75, 3.05) is 6.54 Å². The molecule has 0 radical (unpaired) electrons. The van der Waals surface area contributed by atoms with Gasteiger partial charge < -0.3 is 20.8 Å². The fourth-order valence-corrected chi connectivity index (χ4v) is 2.18. The Morgan fingerprint density at radius 2 is 2.20 bits per heavy atom. The minimum atomic E-state index is -1.99. The minimum absolute atomic E-state index is 0.282. The number of nitrogens with zero attached hydrogens (tertiary/aromatic N) is 1. The molecular weight excluding hydrogens is 282 g/mol. The molecule has 2 unspecified atom stereocenters. The van der Waals surface area contributed by atoms with Gasteiger partial charge in [0, 0.05) is 11.1 Å². The first-order valence-electron chi connectivity index (χ1n) is 6.21.